The van der Waals surface area contributed by atoms with Gasteiger partial charge in [-0.05, 0) is 71.7 Å². The van der Waals surface area contributed by atoms with Gasteiger partial charge in [0.2, 0.25) is 0 Å². The summed E-state index contributed by atoms with van der Waals surface area (Å²) in [5, 5.41) is 4.40. The molecule has 4 aromatic rings. The van der Waals surface area contributed by atoms with Crippen LogP contribution in [0, 0.1) is 0 Å². The lowest BCUT2D eigenvalue weighted by molar-refractivity contribution is -0.122. The number of amides is 2. The van der Waals surface area contributed by atoms with E-state index in [1.807, 2.05) is 66.7 Å². The maximum Gasteiger partial charge on any atom is 0.270 e. The van der Waals surface area contributed by atoms with Crippen LogP contribution in [0.15, 0.2) is 96.6 Å². The highest BCUT2D eigenvalue weighted by molar-refractivity contribution is 7.80. The van der Waals surface area contributed by atoms with E-state index in [1.54, 1.807) is 37.5 Å². The number of rotatable bonds is 5. The third-order valence-electron chi connectivity index (χ3n) is 5.61. The van der Waals surface area contributed by atoms with Gasteiger partial charge >= 0.3 is 0 Å². The molecule has 0 aromatic heterocycles. The molecule has 0 unspecified atom stereocenters. The van der Waals surface area contributed by atoms with E-state index >= 15 is 0 Å². The number of anilines is 1. The lowest BCUT2D eigenvalue weighted by Crippen LogP contribution is -2.54. The molecule has 5 rings (SSSR count). The zero-order valence-corrected chi connectivity index (χ0v) is 19.5. The van der Waals surface area contributed by atoms with E-state index in [1.165, 1.54) is 4.90 Å². The molecule has 4 aromatic carbocycles. The van der Waals surface area contributed by atoms with Crippen LogP contribution in [-0.2, 0) is 9.59 Å². The summed E-state index contributed by atoms with van der Waals surface area (Å²) in [6.45, 7) is 0. The van der Waals surface area contributed by atoms with Crippen LogP contribution in [0.5, 0.6) is 17.2 Å². The largest absolute Gasteiger partial charge is 0.496 e. The molecular formula is C28H20N2O4S. The zero-order chi connectivity index (χ0) is 24.4. The summed E-state index contributed by atoms with van der Waals surface area (Å²) in [6, 6.07) is 27.6. The number of methoxy groups -OCH3 is 1. The quantitative estimate of drug-likeness (QED) is 0.233. The predicted octanol–water partition coefficient (Wildman–Crippen LogP) is 5.47. The number of hydrogen-bond donors (Lipinski definition) is 1. The van der Waals surface area contributed by atoms with Gasteiger partial charge in [0.15, 0.2) is 5.11 Å². The van der Waals surface area contributed by atoms with Crippen molar-refractivity contribution in [1.82, 2.24) is 5.32 Å². The summed E-state index contributed by atoms with van der Waals surface area (Å²) in [5.74, 6) is 0.979. The van der Waals surface area contributed by atoms with Crippen molar-refractivity contribution in [1.29, 1.82) is 0 Å². The van der Waals surface area contributed by atoms with Gasteiger partial charge in [-0.25, -0.2) is 0 Å². The molecule has 0 atom stereocenters. The maximum atomic E-state index is 13.4. The van der Waals surface area contributed by atoms with Crippen LogP contribution >= 0.6 is 12.2 Å². The summed E-state index contributed by atoms with van der Waals surface area (Å²) in [6.07, 6.45) is 1.58. The fraction of sp³-hybridized carbons (Fsp3) is 0.0357. The normalized spacial score (nSPS) is 14.8. The van der Waals surface area contributed by atoms with Crippen LogP contribution in [0.2, 0.25) is 0 Å². The number of nitrogens with one attached hydrogen (secondary N) is 1. The molecule has 7 heteroatoms. The number of nitrogens with zero attached hydrogens (tertiary/aromatic N) is 1. The van der Waals surface area contributed by atoms with Crippen molar-refractivity contribution in [3.05, 3.63) is 102 Å². The molecule has 0 saturated carbocycles. The Morgan fingerprint density at radius 2 is 1.46 bits per heavy atom. The number of carbonyl (C=O) groups is 2. The number of hydrogen-bond acceptors (Lipinski definition) is 5. The molecule has 1 aliphatic heterocycles. The number of thiocarbonyl (C=S) groups is 1. The lowest BCUT2D eigenvalue weighted by Gasteiger charge is -2.29. The number of fused-ring (bicyclic) bond motifs is 1. The van der Waals surface area contributed by atoms with E-state index in [4.69, 9.17) is 21.7 Å². The average molecular weight is 481 g/mol. The Morgan fingerprint density at radius 3 is 2.17 bits per heavy atom. The SMILES string of the molecule is COc1ccc(/C=C2\C(=O)NC(=S)N(c3ccc(Oc4ccccc4)cc3)C2=O)c2ccccc12. The molecule has 35 heavy (non-hydrogen) atoms. The standard InChI is InChI=1S/C28H20N2O4S/c1-33-25-16-11-18(22-9-5-6-10-23(22)25)17-24-26(31)29-28(35)30(27(24)32)19-12-14-21(15-13-19)34-20-7-3-2-4-8-20/h2-17H,1H3,(H,29,31,35)/b24-17+. The molecule has 0 bridgehead atoms. The van der Waals surface area contributed by atoms with Crippen LogP contribution in [0.3, 0.4) is 0 Å². The summed E-state index contributed by atoms with van der Waals surface area (Å²) >= 11 is 5.33. The minimum atomic E-state index is -0.541. The molecule has 1 heterocycles. The fourth-order valence-corrected chi connectivity index (χ4v) is 4.21. The predicted molar refractivity (Wildman–Crippen MR) is 140 cm³/mol. The number of benzene rings is 4. The Bertz CT molecular complexity index is 1480. The van der Waals surface area contributed by atoms with Crippen molar-refractivity contribution in [2.75, 3.05) is 12.0 Å². The van der Waals surface area contributed by atoms with Crippen LogP contribution in [0.25, 0.3) is 16.8 Å². The first-order valence-electron chi connectivity index (χ1n) is 10.9. The smallest absolute Gasteiger partial charge is 0.270 e. The van der Waals surface area contributed by atoms with Gasteiger partial charge in [-0.3, -0.25) is 19.8 Å². The molecule has 0 aliphatic carbocycles. The Kier molecular flexibility index (Phi) is 5.99. The van der Waals surface area contributed by atoms with Crippen molar-refractivity contribution >= 4 is 51.7 Å². The van der Waals surface area contributed by atoms with Gasteiger partial charge in [-0.1, -0.05) is 48.5 Å². The molecule has 1 N–H and O–H groups in total. The molecule has 1 saturated heterocycles. The van der Waals surface area contributed by atoms with Gasteiger partial charge in [0.25, 0.3) is 11.8 Å². The lowest BCUT2D eigenvalue weighted by atomic mass is 10.00. The molecular weight excluding hydrogens is 460 g/mol. The second-order valence-corrected chi connectivity index (χ2v) is 8.16. The first-order valence-corrected chi connectivity index (χ1v) is 11.3. The Morgan fingerprint density at radius 1 is 0.800 bits per heavy atom. The van der Waals surface area contributed by atoms with Gasteiger partial charge in [0, 0.05) is 5.39 Å². The molecule has 1 fully saturated rings. The first-order chi connectivity index (χ1) is 17.0. The minimum Gasteiger partial charge on any atom is -0.496 e. The van der Waals surface area contributed by atoms with E-state index in [2.05, 4.69) is 5.32 Å². The van der Waals surface area contributed by atoms with Crippen LogP contribution in [0.1, 0.15) is 5.56 Å². The molecule has 6 nitrogen and oxygen atoms in total. The van der Waals surface area contributed by atoms with Crippen molar-refractivity contribution in [2.24, 2.45) is 0 Å². The van der Waals surface area contributed by atoms with Crippen molar-refractivity contribution < 1.29 is 19.1 Å². The highest BCUT2D eigenvalue weighted by Gasteiger charge is 2.34. The number of carbonyl (C=O) groups excluding carboxylic acids is 2. The van der Waals surface area contributed by atoms with E-state index in [0.717, 1.165) is 16.3 Å². The first kappa shape index (κ1) is 22.3. The van der Waals surface area contributed by atoms with E-state index < -0.39 is 11.8 Å². The Hall–Kier alpha value is -4.49. The summed E-state index contributed by atoms with van der Waals surface area (Å²) in [7, 11) is 1.60. The van der Waals surface area contributed by atoms with Crippen LogP contribution in [0.4, 0.5) is 5.69 Å². The second-order valence-electron chi connectivity index (χ2n) is 7.77. The fourth-order valence-electron chi connectivity index (χ4n) is 3.93. The summed E-state index contributed by atoms with van der Waals surface area (Å²) in [5.41, 5.74) is 1.23. The third-order valence-corrected chi connectivity index (χ3v) is 5.90. The number of ether oxygens (including phenoxy) is 2. The number of para-hydroxylation sites is 1. The Labute approximate surface area is 207 Å². The van der Waals surface area contributed by atoms with Gasteiger partial charge < -0.3 is 9.47 Å². The molecule has 0 radical (unpaired) electrons. The van der Waals surface area contributed by atoms with Crippen molar-refractivity contribution in [2.45, 2.75) is 0 Å². The topological polar surface area (TPSA) is 67.9 Å². The Balaban J connectivity index is 1.47. The maximum absolute atomic E-state index is 13.4. The van der Waals surface area contributed by atoms with E-state index in [9.17, 15) is 9.59 Å². The molecule has 0 spiro atoms. The van der Waals surface area contributed by atoms with Gasteiger partial charge in [-0.2, -0.15) is 0 Å². The van der Waals surface area contributed by atoms with Crippen LogP contribution in [-0.4, -0.2) is 24.0 Å². The van der Waals surface area contributed by atoms with Gasteiger partial charge in [0.05, 0.1) is 12.8 Å². The van der Waals surface area contributed by atoms with E-state index in [0.29, 0.717) is 22.9 Å². The summed E-state index contributed by atoms with van der Waals surface area (Å²) in [4.78, 5) is 27.5. The average Bonchev–Trinajstić information content (AvgIpc) is 2.88. The van der Waals surface area contributed by atoms with Crippen molar-refractivity contribution in [3.63, 3.8) is 0 Å². The zero-order valence-electron chi connectivity index (χ0n) is 18.7. The van der Waals surface area contributed by atoms with Gasteiger partial charge in [0.1, 0.15) is 22.8 Å². The third kappa shape index (κ3) is 4.37. The highest BCUT2D eigenvalue weighted by Crippen LogP contribution is 2.31. The monoisotopic (exact) mass is 480 g/mol. The van der Waals surface area contributed by atoms with Crippen molar-refractivity contribution in [3.8, 4) is 17.2 Å². The molecule has 1 aliphatic rings. The van der Waals surface area contributed by atoms with Gasteiger partial charge in [-0.15, -0.1) is 0 Å². The highest BCUT2D eigenvalue weighted by atomic mass is 32.1. The molecule has 172 valence electrons. The molecule has 2 amide bonds. The van der Waals surface area contributed by atoms with E-state index in [-0.39, 0.29) is 10.7 Å². The second kappa shape index (κ2) is 9.40. The minimum absolute atomic E-state index is 0.0152. The summed E-state index contributed by atoms with van der Waals surface area (Å²) < 4.78 is 11.3. The van der Waals surface area contributed by atoms with Crippen LogP contribution < -0.4 is 19.7 Å².